The molecule has 1 heterocycles. The van der Waals surface area contributed by atoms with E-state index in [-0.39, 0.29) is 16.5 Å². The lowest BCUT2D eigenvalue weighted by Gasteiger charge is -2.24. The van der Waals surface area contributed by atoms with Crippen molar-refractivity contribution < 1.29 is 14.0 Å². The van der Waals surface area contributed by atoms with Crippen LogP contribution in [-0.2, 0) is 4.79 Å². The van der Waals surface area contributed by atoms with E-state index in [4.69, 9.17) is 11.6 Å². The van der Waals surface area contributed by atoms with Gasteiger partial charge in [0.25, 0.3) is 5.91 Å². The fourth-order valence-electron chi connectivity index (χ4n) is 2.97. The van der Waals surface area contributed by atoms with Crippen LogP contribution in [0.5, 0.6) is 0 Å². The number of halogens is 2. The van der Waals surface area contributed by atoms with Crippen molar-refractivity contribution in [3.8, 4) is 0 Å². The van der Waals surface area contributed by atoms with Crippen LogP contribution < -0.4 is 5.32 Å². The number of benzene rings is 2. The quantitative estimate of drug-likeness (QED) is 0.906. The molecule has 1 fully saturated rings. The third-order valence-electron chi connectivity index (χ3n) is 4.26. The molecule has 1 saturated heterocycles. The van der Waals surface area contributed by atoms with Gasteiger partial charge < -0.3 is 10.2 Å². The normalized spacial score (nSPS) is 15.0. The third kappa shape index (κ3) is 3.82. The molecule has 1 aliphatic heterocycles. The van der Waals surface area contributed by atoms with Crippen molar-refractivity contribution in [1.29, 1.82) is 0 Å². The lowest BCUT2D eigenvalue weighted by atomic mass is 10.0. The molecular weight excluding hydrogens is 343 g/mol. The number of hydrogen-bond acceptors (Lipinski definition) is 2. The summed E-state index contributed by atoms with van der Waals surface area (Å²) < 4.78 is 14.0. The van der Waals surface area contributed by atoms with Crippen LogP contribution in [0.15, 0.2) is 48.5 Å². The molecule has 0 unspecified atom stereocenters. The second-order valence-corrected chi connectivity index (χ2v) is 6.35. The van der Waals surface area contributed by atoms with Gasteiger partial charge in [0.2, 0.25) is 5.91 Å². The first-order chi connectivity index (χ1) is 12.1. The molecule has 0 radical (unpaired) electrons. The predicted octanol–water partition coefficient (Wildman–Crippen LogP) is 3.57. The topological polar surface area (TPSA) is 49.4 Å². The molecule has 0 bridgehead atoms. The van der Waals surface area contributed by atoms with Crippen molar-refractivity contribution in [1.82, 2.24) is 10.2 Å². The summed E-state index contributed by atoms with van der Waals surface area (Å²) in [6.45, 7) is 1.33. The van der Waals surface area contributed by atoms with Crippen LogP contribution in [-0.4, -0.2) is 29.8 Å². The Kier molecular flexibility index (Phi) is 5.34. The highest BCUT2D eigenvalue weighted by Gasteiger charge is 2.30. The molecule has 130 valence electrons. The lowest BCUT2D eigenvalue weighted by molar-refractivity contribution is -0.132. The monoisotopic (exact) mass is 360 g/mol. The van der Waals surface area contributed by atoms with Gasteiger partial charge in [-0.2, -0.15) is 0 Å². The number of rotatable bonds is 4. The first-order valence-electron chi connectivity index (χ1n) is 8.16. The van der Waals surface area contributed by atoms with Crippen LogP contribution in [0.4, 0.5) is 4.39 Å². The molecule has 2 aromatic rings. The Morgan fingerprint density at radius 2 is 1.72 bits per heavy atom. The van der Waals surface area contributed by atoms with Crippen molar-refractivity contribution >= 4 is 23.4 Å². The number of carbonyl (C=O) groups excluding carboxylic acids is 2. The molecule has 3 rings (SSSR count). The molecular formula is C19H18ClFN2O2. The second-order valence-electron chi connectivity index (χ2n) is 5.95. The van der Waals surface area contributed by atoms with Gasteiger partial charge in [-0.3, -0.25) is 9.59 Å². The first kappa shape index (κ1) is 17.4. The van der Waals surface area contributed by atoms with Crippen molar-refractivity contribution in [2.45, 2.75) is 18.9 Å². The molecule has 2 amide bonds. The summed E-state index contributed by atoms with van der Waals surface area (Å²) in [5, 5.41) is 2.67. The maximum Gasteiger partial charge on any atom is 0.256 e. The molecule has 2 aromatic carbocycles. The standard InChI is InChI=1S/C19H18ClFN2O2/c20-14-9-6-10-15(21)16(14)18(24)22-17(13-7-2-1-3-8-13)19(25)23-11-4-5-12-23/h1-3,6-10,17H,4-5,11-12H2,(H,22,24)/t17-/m0/s1. The minimum Gasteiger partial charge on any atom is -0.341 e. The Morgan fingerprint density at radius 3 is 2.36 bits per heavy atom. The van der Waals surface area contributed by atoms with Crippen LogP contribution in [0, 0.1) is 5.82 Å². The van der Waals surface area contributed by atoms with E-state index in [9.17, 15) is 14.0 Å². The molecule has 4 nitrogen and oxygen atoms in total. The average molecular weight is 361 g/mol. The minimum absolute atomic E-state index is 0.0120. The minimum atomic E-state index is -0.873. The third-order valence-corrected chi connectivity index (χ3v) is 4.58. The maximum atomic E-state index is 14.0. The molecule has 6 heteroatoms. The van der Waals surface area contributed by atoms with Gasteiger partial charge >= 0.3 is 0 Å². The van der Waals surface area contributed by atoms with E-state index in [0.29, 0.717) is 18.7 Å². The van der Waals surface area contributed by atoms with Crippen molar-refractivity contribution in [3.63, 3.8) is 0 Å². The SMILES string of the molecule is O=C(N[C@H](C(=O)N1CCCC1)c1ccccc1)c1c(F)cccc1Cl. The summed E-state index contributed by atoms with van der Waals surface area (Å²) in [4.78, 5) is 27.2. The Labute approximate surface area is 150 Å². The molecule has 1 N–H and O–H groups in total. The lowest BCUT2D eigenvalue weighted by Crippen LogP contribution is -2.42. The van der Waals surface area contributed by atoms with Gasteiger partial charge in [0.1, 0.15) is 11.9 Å². The zero-order chi connectivity index (χ0) is 17.8. The average Bonchev–Trinajstić information content (AvgIpc) is 3.14. The summed E-state index contributed by atoms with van der Waals surface area (Å²) in [6, 6.07) is 12.1. The highest BCUT2D eigenvalue weighted by atomic mass is 35.5. The zero-order valence-electron chi connectivity index (χ0n) is 13.5. The van der Waals surface area contributed by atoms with E-state index >= 15 is 0 Å². The summed E-state index contributed by atoms with van der Waals surface area (Å²) in [7, 11) is 0. The van der Waals surface area contributed by atoms with Gasteiger partial charge in [0.15, 0.2) is 0 Å². The largest absolute Gasteiger partial charge is 0.341 e. The second kappa shape index (κ2) is 7.66. The van der Waals surface area contributed by atoms with Crippen molar-refractivity contribution in [2.75, 3.05) is 13.1 Å². The van der Waals surface area contributed by atoms with E-state index in [1.165, 1.54) is 18.2 Å². The van der Waals surface area contributed by atoms with Crippen LogP contribution in [0.1, 0.15) is 34.8 Å². The van der Waals surface area contributed by atoms with Crippen molar-refractivity contribution in [3.05, 3.63) is 70.5 Å². The summed E-state index contributed by atoms with van der Waals surface area (Å²) in [6.07, 6.45) is 1.89. The molecule has 0 aliphatic carbocycles. The Hall–Kier alpha value is -2.40. The van der Waals surface area contributed by atoms with Crippen LogP contribution in [0.2, 0.25) is 5.02 Å². The van der Waals surface area contributed by atoms with Gasteiger partial charge in [0, 0.05) is 13.1 Å². The van der Waals surface area contributed by atoms with E-state index in [1.807, 2.05) is 6.07 Å². The van der Waals surface area contributed by atoms with Gasteiger partial charge in [-0.15, -0.1) is 0 Å². The number of hydrogen-bond donors (Lipinski definition) is 1. The fraction of sp³-hybridized carbons (Fsp3) is 0.263. The molecule has 0 aromatic heterocycles. The Morgan fingerprint density at radius 1 is 1.04 bits per heavy atom. The van der Waals surface area contributed by atoms with E-state index in [1.54, 1.807) is 29.2 Å². The number of nitrogens with one attached hydrogen (secondary N) is 1. The smallest absolute Gasteiger partial charge is 0.256 e. The molecule has 1 atom stereocenters. The number of likely N-dealkylation sites (tertiary alicyclic amines) is 1. The van der Waals surface area contributed by atoms with Crippen molar-refractivity contribution in [2.24, 2.45) is 0 Å². The van der Waals surface area contributed by atoms with E-state index in [0.717, 1.165) is 12.8 Å². The van der Waals surface area contributed by atoms with Gasteiger partial charge in [0.05, 0.1) is 10.6 Å². The summed E-state index contributed by atoms with van der Waals surface area (Å²) >= 11 is 5.96. The summed E-state index contributed by atoms with van der Waals surface area (Å²) in [5.41, 5.74) is 0.402. The van der Waals surface area contributed by atoms with Gasteiger partial charge in [-0.25, -0.2) is 4.39 Å². The molecule has 0 saturated carbocycles. The molecule has 1 aliphatic rings. The predicted molar refractivity (Wildman–Crippen MR) is 93.9 cm³/mol. The Balaban J connectivity index is 1.89. The van der Waals surface area contributed by atoms with Crippen LogP contribution in [0.3, 0.4) is 0 Å². The number of amides is 2. The fourth-order valence-corrected chi connectivity index (χ4v) is 3.22. The van der Waals surface area contributed by atoms with Gasteiger partial charge in [-0.05, 0) is 30.5 Å². The van der Waals surface area contributed by atoms with E-state index in [2.05, 4.69) is 5.32 Å². The first-order valence-corrected chi connectivity index (χ1v) is 8.54. The van der Waals surface area contributed by atoms with Crippen LogP contribution >= 0.6 is 11.6 Å². The number of carbonyl (C=O) groups is 2. The molecule has 0 spiro atoms. The highest BCUT2D eigenvalue weighted by Crippen LogP contribution is 2.23. The number of nitrogens with zero attached hydrogens (tertiary/aromatic N) is 1. The van der Waals surface area contributed by atoms with Crippen LogP contribution in [0.25, 0.3) is 0 Å². The maximum absolute atomic E-state index is 14.0. The van der Waals surface area contributed by atoms with Gasteiger partial charge in [-0.1, -0.05) is 48.0 Å². The van der Waals surface area contributed by atoms with E-state index < -0.39 is 17.8 Å². The zero-order valence-corrected chi connectivity index (χ0v) is 14.3. The Bertz CT molecular complexity index is 756. The molecule has 25 heavy (non-hydrogen) atoms. The summed E-state index contributed by atoms with van der Waals surface area (Å²) in [5.74, 6) is -1.61. The highest BCUT2D eigenvalue weighted by molar-refractivity contribution is 6.33.